The van der Waals surface area contributed by atoms with E-state index in [4.69, 9.17) is 37.9 Å². The molecule has 4 atom stereocenters. The number of hydrogen-bond donors (Lipinski definition) is 4. The van der Waals surface area contributed by atoms with Crippen molar-refractivity contribution in [3.63, 3.8) is 0 Å². The summed E-state index contributed by atoms with van der Waals surface area (Å²) in [5.41, 5.74) is 8.31. The standard InChI is InChI=1S/C53H70N2O14/c1-54(19-16-36-26-39(31-57)42(33-59)53(67-8)51(36)43(54)24-34-23-38(30-56)41(32-58)45(25-34)63-4)17-9-21-68-49(60)13-14-50(61)69-22-10-18-55(2)20-15-35-27-47(65-6)48(66-7)29-40(35)52(55)37-11-12-44(62-3)46(28-37)64-5/h11-14,23,25-29,43,52,56-59H,9-10,15-22,24,30-33H2,1-8H3/q+2/b14-13+. The van der Waals surface area contributed by atoms with Crippen molar-refractivity contribution in [1.29, 1.82) is 0 Å². The molecule has 2 aliphatic heterocycles. The summed E-state index contributed by atoms with van der Waals surface area (Å²) in [6.07, 6.45) is 5.21. The SMILES string of the molecule is COc1ccc(C2c3cc(OC)c(OC)cc3CC[N+]2(C)CCCOC(=O)/C=C/C(=O)OCCC[N+]2(C)CCc3cc(CO)c(CO)c(OC)c3C2Cc2cc(CO)c(CO)c(OC)c2)cc1OC. The zero-order chi connectivity index (χ0) is 49.9. The molecule has 0 saturated heterocycles. The molecule has 0 aliphatic carbocycles. The number of rotatable bonds is 23. The molecule has 4 unspecified atom stereocenters. The van der Waals surface area contributed by atoms with E-state index in [1.165, 1.54) is 12.7 Å². The Hall–Kier alpha value is -5.88. The van der Waals surface area contributed by atoms with Gasteiger partial charge in [0.05, 0.1) is 128 Å². The second-order valence-electron chi connectivity index (χ2n) is 18.1. The van der Waals surface area contributed by atoms with E-state index in [0.717, 1.165) is 59.5 Å². The lowest BCUT2D eigenvalue weighted by molar-refractivity contribution is -0.941. The van der Waals surface area contributed by atoms with Crippen molar-refractivity contribution in [2.45, 2.75) is 70.6 Å². The minimum absolute atomic E-state index is 0.0985. The number of likely N-dealkylation sites (N-methyl/N-ethyl adjacent to an activating group) is 2. The number of fused-ring (bicyclic) bond motifs is 2. The first-order chi connectivity index (χ1) is 33.3. The Morgan fingerprint density at radius 1 is 0.594 bits per heavy atom. The molecular formula is C53H70N2O14+2. The highest BCUT2D eigenvalue weighted by Crippen LogP contribution is 2.47. The Bertz CT molecular complexity index is 2450. The van der Waals surface area contributed by atoms with E-state index >= 15 is 0 Å². The Balaban J connectivity index is 1.09. The molecule has 0 fully saturated rings. The van der Waals surface area contributed by atoms with Gasteiger partial charge in [0.25, 0.3) is 0 Å². The van der Waals surface area contributed by atoms with Crippen LogP contribution in [0.1, 0.15) is 80.6 Å². The number of nitrogens with zero attached hydrogens (tertiary/aromatic N) is 2. The topological polar surface area (TPSA) is 189 Å². The highest BCUT2D eigenvalue weighted by Gasteiger charge is 2.43. The first kappa shape index (κ1) is 52.5. The number of methoxy groups -OCH3 is 6. The van der Waals surface area contributed by atoms with Crippen LogP contribution in [0.25, 0.3) is 0 Å². The van der Waals surface area contributed by atoms with E-state index in [9.17, 15) is 30.0 Å². The van der Waals surface area contributed by atoms with Gasteiger partial charge in [0.1, 0.15) is 23.6 Å². The first-order valence-corrected chi connectivity index (χ1v) is 23.3. The van der Waals surface area contributed by atoms with Crippen molar-refractivity contribution in [3.05, 3.63) is 116 Å². The van der Waals surface area contributed by atoms with E-state index in [1.807, 2.05) is 42.5 Å². The second-order valence-corrected chi connectivity index (χ2v) is 18.1. The average Bonchev–Trinajstić information content (AvgIpc) is 3.37. The fraction of sp³-hybridized carbons (Fsp3) is 0.472. The van der Waals surface area contributed by atoms with Gasteiger partial charge in [-0.1, -0.05) is 12.1 Å². The van der Waals surface area contributed by atoms with Gasteiger partial charge in [-0.2, -0.15) is 0 Å². The number of esters is 2. The molecule has 0 saturated carbocycles. The Morgan fingerprint density at radius 2 is 1.14 bits per heavy atom. The molecular weight excluding hydrogens is 889 g/mol. The Labute approximate surface area is 405 Å². The van der Waals surface area contributed by atoms with Gasteiger partial charge >= 0.3 is 11.9 Å². The number of ether oxygens (including phenoxy) is 8. The maximum atomic E-state index is 12.9. The van der Waals surface area contributed by atoms with Crippen LogP contribution in [0.3, 0.4) is 0 Å². The smallest absolute Gasteiger partial charge is 0.331 e. The predicted octanol–water partition coefficient (Wildman–Crippen LogP) is 5.21. The number of carbonyl (C=O) groups excluding carboxylic acids is 2. The summed E-state index contributed by atoms with van der Waals surface area (Å²) in [6, 6.07) is 15.4. The summed E-state index contributed by atoms with van der Waals surface area (Å²) in [7, 11) is 13.9. The van der Waals surface area contributed by atoms with Crippen LogP contribution in [0.2, 0.25) is 0 Å². The average molecular weight is 959 g/mol. The van der Waals surface area contributed by atoms with Crippen molar-refractivity contribution < 1.29 is 76.9 Å². The van der Waals surface area contributed by atoms with Crippen LogP contribution in [0.15, 0.2) is 60.7 Å². The lowest BCUT2D eigenvalue weighted by Gasteiger charge is -2.46. The molecule has 16 nitrogen and oxygen atoms in total. The number of quaternary nitrogens is 2. The van der Waals surface area contributed by atoms with Gasteiger partial charge in [-0.05, 0) is 64.2 Å². The van der Waals surface area contributed by atoms with Crippen LogP contribution in [-0.2, 0) is 64.8 Å². The van der Waals surface area contributed by atoms with Gasteiger partial charge < -0.3 is 67.3 Å². The third kappa shape index (κ3) is 11.4. The van der Waals surface area contributed by atoms with Gasteiger partial charge in [0, 0.05) is 66.5 Å². The molecule has 0 bridgehead atoms. The summed E-state index contributed by atoms with van der Waals surface area (Å²) < 4.78 is 46.5. The minimum Gasteiger partial charge on any atom is -0.496 e. The maximum absolute atomic E-state index is 12.9. The molecule has 4 aromatic rings. The summed E-state index contributed by atoms with van der Waals surface area (Å²) in [4.78, 5) is 25.7. The number of aliphatic hydroxyl groups excluding tert-OH is 4. The van der Waals surface area contributed by atoms with Gasteiger partial charge in [-0.3, -0.25) is 0 Å². The molecule has 0 aromatic heterocycles. The van der Waals surface area contributed by atoms with E-state index in [1.54, 1.807) is 35.5 Å². The monoisotopic (exact) mass is 958 g/mol. The third-order valence-corrected chi connectivity index (χ3v) is 14.1. The molecule has 0 radical (unpaired) electrons. The van der Waals surface area contributed by atoms with Gasteiger partial charge in [-0.15, -0.1) is 0 Å². The third-order valence-electron chi connectivity index (χ3n) is 14.1. The fourth-order valence-corrected chi connectivity index (χ4v) is 10.5. The summed E-state index contributed by atoms with van der Waals surface area (Å²) >= 11 is 0. The normalized spacial score (nSPS) is 19.6. The largest absolute Gasteiger partial charge is 0.496 e. The molecule has 69 heavy (non-hydrogen) atoms. The van der Waals surface area contributed by atoms with Crippen molar-refractivity contribution in [3.8, 4) is 34.5 Å². The fourth-order valence-electron chi connectivity index (χ4n) is 10.5. The maximum Gasteiger partial charge on any atom is 0.331 e. The molecule has 16 heteroatoms. The molecule has 374 valence electrons. The van der Waals surface area contributed by atoms with Gasteiger partial charge in [-0.25, -0.2) is 9.59 Å². The second kappa shape index (κ2) is 23.6. The molecule has 0 amide bonds. The minimum atomic E-state index is -0.664. The molecule has 4 aromatic carbocycles. The number of hydrogen-bond acceptors (Lipinski definition) is 14. The zero-order valence-corrected chi connectivity index (χ0v) is 41.3. The number of benzene rings is 4. The predicted molar refractivity (Wildman–Crippen MR) is 257 cm³/mol. The zero-order valence-electron chi connectivity index (χ0n) is 41.3. The van der Waals surface area contributed by atoms with Crippen LogP contribution in [-0.4, -0.2) is 137 Å². The van der Waals surface area contributed by atoms with E-state index < -0.39 is 11.9 Å². The van der Waals surface area contributed by atoms with Crippen LogP contribution in [0.4, 0.5) is 0 Å². The van der Waals surface area contributed by atoms with Crippen molar-refractivity contribution in [1.82, 2.24) is 0 Å². The van der Waals surface area contributed by atoms with Crippen LogP contribution in [0.5, 0.6) is 34.5 Å². The Kier molecular flexibility index (Phi) is 18.0. The lowest BCUT2D eigenvalue weighted by atomic mass is 9.82. The highest BCUT2D eigenvalue weighted by atomic mass is 16.5. The highest BCUT2D eigenvalue weighted by molar-refractivity contribution is 5.91. The lowest BCUT2D eigenvalue weighted by Crippen LogP contribution is -2.53. The molecule has 6 rings (SSSR count). The van der Waals surface area contributed by atoms with Crippen molar-refractivity contribution in [2.75, 3.05) is 96.1 Å². The summed E-state index contributed by atoms with van der Waals surface area (Å²) in [5, 5.41) is 40.9. The van der Waals surface area contributed by atoms with Gasteiger partial charge in [0.2, 0.25) is 0 Å². The number of aliphatic hydroxyl groups is 4. The Morgan fingerprint density at radius 3 is 1.72 bits per heavy atom. The molecule has 2 aliphatic rings. The number of carbonyl (C=O) groups is 2. The first-order valence-electron chi connectivity index (χ1n) is 23.3. The molecule has 0 spiro atoms. The van der Waals surface area contributed by atoms with Crippen molar-refractivity contribution in [2.24, 2.45) is 0 Å². The van der Waals surface area contributed by atoms with E-state index in [2.05, 4.69) is 20.2 Å². The van der Waals surface area contributed by atoms with E-state index in [0.29, 0.717) is 104 Å². The molecule has 4 N–H and O–H groups in total. The molecule has 2 heterocycles. The van der Waals surface area contributed by atoms with Crippen LogP contribution >= 0.6 is 0 Å². The summed E-state index contributed by atoms with van der Waals surface area (Å²) in [5.74, 6) is 2.26. The van der Waals surface area contributed by atoms with Crippen molar-refractivity contribution >= 4 is 11.9 Å². The van der Waals surface area contributed by atoms with Crippen LogP contribution < -0.4 is 28.4 Å². The van der Waals surface area contributed by atoms with E-state index in [-0.39, 0.29) is 51.7 Å². The van der Waals surface area contributed by atoms with Crippen LogP contribution in [0, 0.1) is 0 Å². The quantitative estimate of drug-likeness (QED) is 0.0328. The summed E-state index contributed by atoms with van der Waals surface area (Å²) in [6.45, 7) is 1.91. The van der Waals surface area contributed by atoms with Gasteiger partial charge in [0.15, 0.2) is 23.0 Å².